The lowest BCUT2D eigenvalue weighted by atomic mass is 9.80. The van der Waals surface area contributed by atoms with E-state index in [-0.39, 0.29) is 11.7 Å². The first kappa shape index (κ1) is 14.7. The van der Waals surface area contributed by atoms with Gasteiger partial charge in [0.1, 0.15) is 11.6 Å². The lowest BCUT2D eigenvalue weighted by Crippen LogP contribution is -2.46. The minimum atomic E-state index is -0.450. The number of nitrogens with one attached hydrogen (secondary N) is 1. The second-order valence-corrected chi connectivity index (χ2v) is 6.89. The molecule has 22 heavy (non-hydrogen) atoms. The minimum Gasteiger partial charge on any atom is -0.507 e. The van der Waals surface area contributed by atoms with Gasteiger partial charge in [-0.1, -0.05) is 19.1 Å². The maximum absolute atomic E-state index is 12.0. The number of hydrogen-bond acceptors (Lipinski definition) is 5. The van der Waals surface area contributed by atoms with Crippen LogP contribution in [0, 0.1) is 5.41 Å². The predicted molar refractivity (Wildman–Crippen MR) is 86.3 cm³/mol. The van der Waals surface area contributed by atoms with Crippen molar-refractivity contribution in [1.82, 2.24) is 9.88 Å². The van der Waals surface area contributed by atoms with Gasteiger partial charge < -0.3 is 10.0 Å². The quantitative estimate of drug-likeness (QED) is 0.894. The number of phenolic OH excluding ortho intramolecular Hbond substituents is 1. The first-order valence-corrected chi connectivity index (χ1v) is 7.81. The highest BCUT2D eigenvalue weighted by molar-refractivity contribution is 7.15. The van der Waals surface area contributed by atoms with E-state index in [2.05, 4.69) is 4.98 Å². The summed E-state index contributed by atoms with van der Waals surface area (Å²) in [4.78, 5) is 18.8. The fourth-order valence-electron chi connectivity index (χ4n) is 2.66. The Bertz CT molecular complexity index is 735. The van der Waals surface area contributed by atoms with E-state index in [4.69, 9.17) is 5.41 Å². The molecule has 2 heterocycles. The molecule has 0 aliphatic carbocycles. The zero-order valence-corrected chi connectivity index (χ0v) is 13.3. The van der Waals surface area contributed by atoms with E-state index in [0.717, 1.165) is 15.4 Å². The number of phenols is 1. The molecule has 0 saturated carbocycles. The van der Waals surface area contributed by atoms with Crippen molar-refractivity contribution >= 4 is 23.1 Å². The largest absolute Gasteiger partial charge is 0.507 e. The lowest BCUT2D eigenvalue weighted by molar-refractivity contribution is -0.128. The van der Waals surface area contributed by atoms with Crippen LogP contribution < -0.4 is 0 Å². The maximum atomic E-state index is 12.0. The second-order valence-electron chi connectivity index (χ2n) is 5.86. The number of rotatable bonds is 2. The van der Waals surface area contributed by atoms with E-state index >= 15 is 0 Å². The highest BCUT2D eigenvalue weighted by atomic mass is 32.1. The molecular weight excluding hydrogens is 298 g/mol. The molecule has 1 atom stereocenters. The van der Waals surface area contributed by atoms with Crippen LogP contribution in [0.3, 0.4) is 0 Å². The van der Waals surface area contributed by atoms with Crippen molar-refractivity contribution in [3.05, 3.63) is 35.5 Å². The van der Waals surface area contributed by atoms with Crippen LogP contribution in [0.1, 0.15) is 24.8 Å². The zero-order valence-electron chi connectivity index (χ0n) is 12.5. The van der Waals surface area contributed by atoms with E-state index in [1.807, 2.05) is 19.1 Å². The third kappa shape index (κ3) is 2.39. The number of carbonyl (C=O) groups is 1. The molecule has 0 spiro atoms. The molecule has 1 fully saturated rings. The van der Waals surface area contributed by atoms with Crippen LogP contribution in [0.25, 0.3) is 10.4 Å². The Hall–Kier alpha value is -2.21. The third-order valence-electron chi connectivity index (χ3n) is 4.07. The van der Waals surface area contributed by atoms with Crippen molar-refractivity contribution in [2.75, 3.05) is 7.05 Å². The Morgan fingerprint density at radius 1 is 1.36 bits per heavy atom. The monoisotopic (exact) mass is 315 g/mol. The standard InChI is InChI=1S/C16H17N3O2S/c1-16(7-13(17)19(2)14(21)8-16)15-18-9-12(22-15)10-5-3-4-6-11(10)20/h3-6,9,17,20H,7-8H2,1-2H3/t16-/m0/s1. The van der Waals surface area contributed by atoms with Crippen LogP contribution in [-0.4, -0.2) is 33.8 Å². The molecule has 1 saturated heterocycles. The van der Waals surface area contributed by atoms with Crippen LogP contribution in [0.5, 0.6) is 5.75 Å². The summed E-state index contributed by atoms with van der Waals surface area (Å²) >= 11 is 1.47. The fourth-order valence-corrected chi connectivity index (χ4v) is 3.76. The number of thiazole rings is 1. The predicted octanol–water partition coefficient (Wildman–Crippen LogP) is 3.00. The number of hydrogen-bond donors (Lipinski definition) is 2. The number of likely N-dealkylation sites (tertiary alicyclic amines) is 1. The summed E-state index contributed by atoms with van der Waals surface area (Å²) in [5, 5.41) is 18.8. The molecule has 5 nitrogen and oxygen atoms in total. The molecule has 1 aliphatic rings. The molecular formula is C16H17N3O2S. The molecule has 0 radical (unpaired) electrons. The third-order valence-corrected chi connectivity index (χ3v) is 5.41. The zero-order chi connectivity index (χ0) is 15.9. The summed E-state index contributed by atoms with van der Waals surface area (Å²) in [6.07, 6.45) is 2.56. The molecule has 0 unspecified atom stereocenters. The smallest absolute Gasteiger partial charge is 0.228 e. The van der Waals surface area contributed by atoms with E-state index in [1.54, 1.807) is 25.4 Å². The Kier molecular flexibility index (Phi) is 3.48. The average Bonchev–Trinajstić information content (AvgIpc) is 2.95. The van der Waals surface area contributed by atoms with Gasteiger partial charge in [-0.05, 0) is 12.1 Å². The first-order valence-electron chi connectivity index (χ1n) is 6.99. The Morgan fingerprint density at radius 3 is 2.77 bits per heavy atom. The SMILES string of the molecule is CN1C(=N)C[C@](C)(c2ncc(-c3ccccc3O)s2)CC1=O. The molecule has 6 heteroatoms. The Balaban J connectivity index is 1.96. The Morgan fingerprint density at radius 2 is 2.09 bits per heavy atom. The lowest BCUT2D eigenvalue weighted by Gasteiger charge is -2.36. The van der Waals surface area contributed by atoms with E-state index < -0.39 is 5.41 Å². The van der Waals surface area contributed by atoms with Crippen molar-refractivity contribution in [2.45, 2.75) is 25.2 Å². The van der Waals surface area contributed by atoms with Crippen LogP contribution in [0.4, 0.5) is 0 Å². The van der Waals surface area contributed by atoms with Crippen LogP contribution in [-0.2, 0) is 10.2 Å². The molecule has 114 valence electrons. The summed E-state index contributed by atoms with van der Waals surface area (Å²) in [5.41, 5.74) is 0.290. The molecule has 2 N–H and O–H groups in total. The highest BCUT2D eigenvalue weighted by Gasteiger charge is 2.40. The van der Waals surface area contributed by atoms with Gasteiger partial charge in [-0.15, -0.1) is 11.3 Å². The van der Waals surface area contributed by atoms with Gasteiger partial charge in [0.05, 0.1) is 9.88 Å². The molecule has 1 aromatic heterocycles. The molecule has 1 aliphatic heterocycles. The topological polar surface area (TPSA) is 77.3 Å². The number of amidine groups is 1. The van der Waals surface area contributed by atoms with Gasteiger partial charge in [0.15, 0.2) is 0 Å². The minimum absolute atomic E-state index is 0.0574. The van der Waals surface area contributed by atoms with Gasteiger partial charge in [-0.25, -0.2) is 4.98 Å². The number of nitrogens with zero attached hydrogens (tertiary/aromatic N) is 2. The van der Waals surface area contributed by atoms with Crippen molar-refractivity contribution in [3.8, 4) is 16.2 Å². The van der Waals surface area contributed by atoms with Gasteiger partial charge in [0.25, 0.3) is 0 Å². The number of carbonyl (C=O) groups excluding carboxylic acids is 1. The van der Waals surface area contributed by atoms with E-state index in [1.165, 1.54) is 16.2 Å². The molecule has 1 aromatic carbocycles. The number of benzene rings is 1. The first-order chi connectivity index (χ1) is 10.4. The number of amides is 1. The van der Waals surface area contributed by atoms with E-state index in [0.29, 0.717) is 18.7 Å². The molecule has 2 aromatic rings. The van der Waals surface area contributed by atoms with Crippen LogP contribution in [0.15, 0.2) is 30.5 Å². The normalized spacial score (nSPS) is 22.2. The average molecular weight is 315 g/mol. The van der Waals surface area contributed by atoms with Crippen molar-refractivity contribution in [1.29, 1.82) is 5.41 Å². The highest BCUT2D eigenvalue weighted by Crippen LogP contribution is 2.41. The van der Waals surface area contributed by atoms with Crippen molar-refractivity contribution < 1.29 is 9.90 Å². The summed E-state index contributed by atoms with van der Waals surface area (Å²) in [7, 11) is 1.64. The molecule has 3 rings (SSSR count). The van der Waals surface area contributed by atoms with Crippen LogP contribution >= 0.6 is 11.3 Å². The number of aromatic nitrogens is 1. The van der Waals surface area contributed by atoms with Gasteiger partial charge in [-0.2, -0.15) is 0 Å². The van der Waals surface area contributed by atoms with Crippen molar-refractivity contribution in [3.63, 3.8) is 0 Å². The summed E-state index contributed by atoms with van der Waals surface area (Å²) in [6, 6.07) is 7.13. The number of aromatic hydroxyl groups is 1. The van der Waals surface area contributed by atoms with E-state index in [9.17, 15) is 9.90 Å². The number of piperidine rings is 1. The summed E-state index contributed by atoms with van der Waals surface area (Å²) in [6.45, 7) is 1.97. The molecule has 1 amide bonds. The summed E-state index contributed by atoms with van der Waals surface area (Å²) in [5.74, 6) is 0.478. The fraction of sp³-hybridized carbons (Fsp3) is 0.312. The molecule has 0 bridgehead atoms. The maximum Gasteiger partial charge on any atom is 0.228 e. The van der Waals surface area contributed by atoms with Crippen LogP contribution in [0.2, 0.25) is 0 Å². The van der Waals surface area contributed by atoms with Crippen molar-refractivity contribution in [2.24, 2.45) is 0 Å². The van der Waals surface area contributed by atoms with Gasteiger partial charge in [-0.3, -0.25) is 10.2 Å². The van der Waals surface area contributed by atoms with Gasteiger partial charge in [0.2, 0.25) is 5.91 Å². The van der Waals surface area contributed by atoms with Gasteiger partial charge >= 0.3 is 0 Å². The van der Waals surface area contributed by atoms with Gasteiger partial charge in [0, 0.05) is 37.1 Å². The second kappa shape index (κ2) is 5.21. The Labute approximate surface area is 132 Å². The summed E-state index contributed by atoms with van der Waals surface area (Å²) < 4.78 is 0. The number of para-hydroxylation sites is 1.